The topological polar surface area (TPSA) is 21.7 Å². The van der Waals surface area contributed by atoms with Gasteiger partial charge in [-0.1, -0.05) is 43.7 Å². The lowest BCUT2D eigenvalue weighted by atomic mass is 10.1. The van der Waals surface area contributed by atoms with Crippen molar-refractivity contribution in [1.82, 2.24) is 0 Å². The molecule has 0 bridgehead atoms. The van der Waals surface area contributed by atoms with Crippen molar-refractivity contribution in [2.45, 2.75) is 26.3 Å². The van der Waals surface area contributed by atoms with Gasteiger partial charge in [-0.15, -0.1) is 0 Å². The van der Waals surface area contributed by atoms with Crippen molar-refractivity contribution < 1.29 is 9.47 Å². The average Bonchev–Trinajstić information content (AvgIpc) is 2.59. The highest BCUT2D eigenvalue weighted by atomic mass is 16.5. The molecule has 0 saturated heterocycles. The van der Waals surface area contributed by atoms with Gasteiger partial charge in [0.1, 0.15) is 11.5 Å². The molecule has 118 valence electrons. The molecule has 22 heavy (non-hydrogen) atoms. The fraction of sp³-hybridized carbons (Fsp3) is 0.368. The highest BCUT2D eigenvalue weighted by Gasteiger charge is 2.13. The van der Waals surface area contributed by atoms with Crippen LogP contribution in [0.25, 0.3) is 0 Å². The molecule has 0 aromatic heterocycles. The van der Waals surface area contributed by atoms with Gasteiger partial charge in [-0.05, 0) is 24.1 Å². The average molecular weight is 299 g/mol. The highest BCUT2D eigenvalue weighted by molar-refractivity contribution is 5.61. The third-order valence-corrected chi connectivity index (χ3v) is 3.72. The van der Waals surface area contributed by atoms with Crippen molar-refractivity contribution in [2.75, 3.05) is 25.7 Å². The minimum Gasteiger partial charge on any atom is -0.497 e. The molecule has 3 heteroatoms. The summed E-state index contributed by atoms with van der Waals surface area (Å²) >= 11 is 0. The molecule has 0 spiro atoms. The summed E-state index contributed by atoms with van der Waals surface area (Å²) < 4.78 is 10.9. The van der Waals surface area contributed by atoms with E-state index in [2.05, 4.69) is 42.2 Å². The molecule has 0 fully saturated rings. The Morgan fingerprint density at radius 2 is 1.73 bits per heavy atom. The maximum absolute atomic E-state index is 5.55. The van der Waals surface area contributed by atoms with E-state index in [1.54, 1.807) is 14.2 Å². The van der Waals surface area contributed by atoms with Crippen LogP contribution in [0.2, 0.25) is 0 Å². The van der Waals surface area contributed by atoms with Crippen molar-refractivity contribution in [3.05, 3.63) is 54.1 Å². The number of nitrogens with zero attached hydrogens (tertiary/aromatic N) is 1. The van der Waals surface area contributed by atoms with Crippen LogP contribution in [0.1, 0.15) is 25.3 Å². The molecule has 0 aliphatic rings. The van der Waals surface area contributed by atoms with Gasteiger partial charge in [-0.25, -0.2) is 0 Å². The van der Waals surface area contributed by atoms with Gasteiger partial charge >= 0.3 is 0 Å². The normalized spacial score (nSPS) is 10.3. The van der Waals surface area contributed by atoms with Crippen LogP contribution < -0.4 is 14.4 Å². The molecule has 0 amide bonds. The smallest absolute Gasteiger partial charge is 0.142 e. The molecule has 2 rings (SSSR count). The lowest BCUT2D eigenvalue weighted by Crippen LogP contribution is -2.24. The Bertz CT molecular complexity index is 569. The minimum absolute atomic E-state index is 0.852. The van der Waals surface area contributed by atoms with Gasteiger partial charge in [0.2, 0.25) is 0 Å². The van der Waals surface area contributed by atoms with Gasteiger partial charge in [0.25, 0.3) is 0 Å². The van der Waals surface area contributed by atoms with E-state index in [-0.39, 0.29) is 0 Å². The molecule has 0 aliphatic heterocycles. The molecule has 0 radical (unpaired) electrons. The SMILES string of the molecule is CCCCN(Cc1ccccc1)c1cc(OC)ccc1OC. The van der Waals surface area contributed by atoms with Crippen molar-refractivity contribution >= 4 is 5.69 Å². The van der Waals surface area contributed by atoms with E-state index in [0.29, 0.717) is 0 Å². The zero-order chi connectivity index (χ0) is 15.8. The Labute approximate surface area is 133 Å². The standard InChI is InChI=1S/C19H25NO2/c1-4-5-13-20(15-16-9-7-6-8-10-16)18-14-17(21-2)11-12-19(18)22-3/h6-12,14H,4-5,13,15H2,1-3H3. The van der Waals surface area contributed by atoms with E-state index >= 15 is 0 Å². The van der Waals surface area contributed by atoms with E-state index in [4.69, 9.17) is 9.47 Å². The predicted octanol–water partition coefficient (Wildman–Crippen LogP) is 4.51. The zero-order valence-corrected chi connectivity index (χ0v) is 13.7. The first-order valence-corrected chi connectivity index (χ1v) is 7.79. The van der Waals surface area contributed by atoms with Crippen LogP contribution in [0.4, 0.5) is 5.69 Å². The third kappa shape index (κ3) is 4.17. The predicted molar refractivity (Wildman–Crippen MR) is 91.9 cm³/mol. The largest absolute Gasteiger partial charge is 0.497 e. The van der Waals surface area contributed by atoms with Gasteiger partial charge in [0, 0.05) is 19.2 Å². The molecule has 2 aromatic rings. The maximum atomic E-state index is 5.55. The van der Waals surface area contributed by atoms with E-state index < -0.39 is 0 Å². The van der Waals surface area contributed by atoms with Gasteiger partial charge < -0.3 is 14.4 Å². The summed E-state index contributed by atoms with van der Waals surface area (Å²) in [6, 6.07) is 16.5. The second-order valence-corrected chi connectivity index (χ2v) is 5.30. The lowest BCUT2D eigenvalue weighted by Gasteiger charge is -2.27. The quantitative estimate of drug-likeness (QED) is 0.716. The Morgan fingerprint density at radius 1 is 0.955 bits per heavy atom. The lowest BCUT2D eigenvalue weighted by molar-refractivity contribution is 0.402. The summed E-state index contributed by atoms with van der Waals surface area (Å²) in [6.45, 7) is 4.07. The van der Waals surface area contributed by atoms with Crippen LogP contribution in [0, 0.1) is 0 Å². The first-order chi connectivity index (χ1) is 10.8. The second kappa shape index (κ2) is 8.32. The summed E-state index contributed by atoms with van der Waals surface area (Å²) in [5.41, 5.74) is 2.38. The minimum atomic E-state index is 0.852. The van der Waals surface area contributed by atoms with Crippen LogP contribution >= 0.6 is 0 Å². The summed E-state index contributed by atoms with van der Waals surface area (Å²) in [4.78, 5) is 2.36. The monoisotopic (exact) mass is 299 g/mol. The molecule has 2 aromatic carbocycles. The molecule has 3 nitrogen and oxygen atoms in total. The molecular formula is C19H25NO2. The molecular weight excluding hydrogens is 274 g/mol. The molecule has 0 heterocycles. The number of benzene rings is 2. The summed E-state index contributed by atoms with van der Waals surface area (Å²) in [6.07, 6.45) is 2.31. The van der Waals surface area contributed by atoms with Gasteiger partial charge in [-0.3, -0.25) is 0 Å². The fourth-order valence-electron chi connectivity index (χ4n) is 2.48. The number of unbranched alkanes of at least 4 members (excludes halogenated alkanes) is 1. The number of rotatable bonds is 8. The highest BCUT2D eigenvalue weighted by Crippen LogP contribution is 2.33. The molecule has 0 unspecified atom stereocenters. The molecule has 0 atom stereocenters. The second-order valence-electron chi connectivity index (χ2n) is 5.30. The number of ether oxygens (including phenoxy) is 2. The van der Waals surface area contributed by atoms with Crippen molar-refractivity contribution in [1.29, 1.82) is 0 Å². The number of methoxy groups -OCH3 is 2. The number of hydrogen-bond acceptors (Lipinski definition) is 3. The first-order valence-electron chi connectivity index (χ1n) is 7.79. The van der Waals surface area contributed by atoms with Crippen LogP contribution in [0.5, 0.6) is 11.5 Å². The summed E-state index contributed by atoms with van der Waals surface area (Å²) in [7, 11) is 3.41. The van der Waals surface area contributed by atoms with Crippen LogP contribution in [0.15, 0.2) is 48.5 Å². The Kier molecular flexibility index (Phi) is 6.13. The first kappa shape index (κ1) is 16.2. The summed E-state index contributed by atoms with van der Waals surface area (Å²) in [5, 5.41) is 0. The Balaban J connectivity index is 2.31. The van der Waals surface area contributed by atoms with E-state index in [1.807, 2.05) is 18.2 Å². The maximum Gasteiger partial charge on any atom is 0.142 e. The van der Waals surface area contributed by atoms with Crippen LogP contribution in [0.3, 0.4) is 0 Å². The summed E-state index contributed by atoms with van der Waals surface area (Å²) in [5.74, 6) is 1.73. The van der Waals surface area contributed by atoms with Crippen molar-refractivity contribution in [2.24, 2.45) is 0 Å². The number of anilines is 1. The van der Waals surface area contributed by atoms with E-state index in [0.717, 1.165) is 43.1 Å². The number of hydrogen-bond donors (Lipinski definition) is 0. The van der Waals surface area contributed by atoms with E-state index in [9.17, 15) is 0 Å². The van der Waals surface area contributed by atoms with E-state index in [1.165, 1.54) is 5.56 Å². The third-order valence-electron chi connectivity index (χ3n) is 3.72. The molecule has 0 aliphatic carbocycles. The molecule has 0 N–H and O–H groups in total. The Morgan fingerprint density at radius 3 is 2.36 bits per heavy atom. The van der Waals surface area contributed by atoms with Gasteiger partial charge in [0.05, 0.1) is 19.9 Å². The Hall–Kier alpha value is -2.16. The molecule has 0 saturated carbocycles. The zero-order valence-electron chi connectivity index (χ0n) is 13.7. The van der Waals surface area contributed by atoms with Gasteiger partial charge in [-0.2, -0.15) is 0 Å². The van der Waals surface area contributed by atoms with Crippen LogP contribution in [-0.2, 0) is 6.54 Å². The fourth-order valence-corrected chi connectivity index (χ4v) is 2.48. The van der Waals surface area contributed by atoms with Crippen LogP contribution in [-0.4, -0.2) is 20.8 Å². The van der Waals surface area contributed by atoms with Gasteiger partial charge in [0.15, 0.2) is 0 Å². The van der Waals surface area contributed by atoms with Crippen molar-refractivity contribution in [3.8, 4) is 11.5 Å². The van der Waals surface area contributed by atoms with Crippen molar-refractivity contribution in [3.63, 3.8) is 0 Å².